The van der Waals surface area contributed by atoms with E-state index in [4.69, 9.17) is 4.74 Å². The zero-order valence-corrected chi connectivity index (χ0v) is 20.3. The Hall–Kier alpha value is -2.37. The highest BCUT2D eigenvalue weighted by molar-refractivity contribution is 5.69. The number of hydrogen-bond acceptors (Lipinski definition) is 4. The number of benzene rings is 2. The summed E-state index contributed by atoms with van der Waals surface area (Å²) in [6.07, 6.45) is 0.465. The van der Waals surface area contributed by atoms with E-state index in [9.17, 15) is 9.90 Å². The Morgan fingerprint density at radius 2 is 1.56 bits per heavy atom. The summed E-state index contributed by atoms with van der Waals surface area (Å²) in [5.74, 6) is 0.529. The lowest BCUT2D eigenvalue weighted by molar-refractivity contribution is -0.00856. The summed E-state index contributed by atoms with van der Waals surface area (Å²) in [5.41, 5.74) is 1.44. The maximum atomic E-state index is 13.3. The van der Waals surface area contributed by atoms with Gasteiger partial charge in [-0.2, -0.15) is 0 Å². The molecule has 2 rings (SSSR count). The van der Waals surface area contributed by atoms with Gasteiger partial charge in [0.25, 0.3) is 0 Å². The van der Waals surface area contributed by atoms with Crippen molar-refractivity contribution in [2.75, 3.05) is 13.1 Å². The van der Waals surface area contributed by atoms with Crippen LogP contribution in [-0.4, -0.2) is 46.9 Å². The van der Waals surface area contributed by atoms with Gasteiger partial charge in [-0.15, -0.1) is 0 Å². The molecule has 1 unspecified atom stereocenters. The first kappa shape index (κ1) is 25.9. The van der Waals surface area contributed by atoms with Crippen molar-refractivity contribution in [3.8, 4) is 0 Å². The molecule has 2 aromatic carbocycles. The van der Waals surface area contributed by atoms with Crippen LogP contribution in [0.4, 0.5) is 4.79 Å². The number of ether oxygens (including phenoxy) is 1. The smallest absolute Gasteiger partial charge is 0.410 e. The Morgan fingerprint density at radius 1 is 1.00 bits per heavy atom. The van der Waals surface area contributed by atoms with Crippen molar-refractivity contribution < 1.29 is 14.6 Å². The van der Waals surface area contributed by atoms with Crippen molar-refractivity contribution in [2.24, 2.45) is 5.92 Å². The van der Waals surface area contributed by atoms with Crippen LogP contribution in [0.3, 0.4) is 0 Å². The molecule has 0 aromatic heterocycles. The maximum absolute atomic E-state index is 13.3. The Balaban J connectivity index is 2.31. The molecule has 5 nitrogen and oxygen atoms in total. The molecule has 3 atom stereocenters. The van der Waals surface area contributed by atoms with Crippen molar-refractivity contribution in [1.29, 1.82) is 0 Å². The maximum Gasteiger partial charge on any atom is 0.410 e. The van der Waals surface area contributed by atoms with Gasteiger partial charge in [-0.05, 0) is 50.8 Å². The van der Waals surface area contributed by atoms with Crippen LogP contribution in [0.2, 0.25) is 0 Å². The van der Waals surface area contributed by atoms with E-state index in [2.05, 4.69) is 19.2 Å². The molecule has 1 amide bonds. The molecule has 0 heterocycles. The zero-order chi connectivity index (χ0) is 23.6. The molecule has 0 fully saturated rings. The second kappa shape index (κ2) is 12.6. The third-order valence-corrected chi connectivity index (χ3v) is 5.50. The average Bonchev–Trinajstić information content (AvgIpc) is 2.76. The number of aliphatic hydroxyl groups excluding tert-OH is 1. The minimum atomic E-state index is -0.740. The van der Waals surface area contributed by atoms with Crippen molar-refractivity contribution in [1.82, 2.24) is 10.2 Å². The lowest BCUT2D eigenvalue weighted by Gasteiger charge is -2.36. The average molecular weight is 441 g/mol. The standard InChI is InChI=1S/C27H40N2O3/c1-6-21(2)18-28-19-25(30)24(17-22-13-9-7-10-14-22)29(26(31)32-27(3,4)5)20-23-15-11-8-12-16-23/h7-16,21,24-25,28,30H,6,17-20H2,1-5H3/t21?,24-,25+/m0/s1. The molecule has 0 saturated heterocycles. The van der Waals surface area contributed by atoms with Crippen molar-refractivity contribution >= 4 is 6.09 Å². The Morgan fingerprint density at radius 3 is 2.09 bits per heavy atom. The van der Waals surface area contributed by atoms with Crippen LogP contribution in [0.25, 0.3) is 0 Å². The van der Waals surface area contributed by atoms with Gasteiger partial charge in [0.1, 0.15) is 5.60 Å². The Labute approximate surface area is 193 Å². The highest BCUT2D eigenvalue weighted by Gasteiger charge is 2.33. The minimum absolute atomic E-state index is 0.371. The van der Waals surface area contributed by atoms with Gasteiger partial charge in [0.15, 0.2) is 0 Å². The second-order valence-corrected chi connectivity index (χ2v) is 9.59. The topological polar surface area (TPSA) is 61.8 Å². The molecule has 0 radical (unpaired) electrons. The quantitative estimate of drug-likeness (QED) is 0.514. The number of hydrogen-bond donors (Lipinski definition) is 2. The first-order valence-electron chi connectivity index (χ1n) is 11.7. The first-order valence-corrected chi connectivity index (χ1v) is 11.7. The molecule has 5 heteroatoms. The monoisotopic (exact) mass is 440 g/mol. The van der Waals surface area contributed by atoms with Crippen LogP contribution in [0.15, 0.2) is 60.7 Å². The molecular formula is C27H40N2O3. The number of amides is 1. The molecule has 0 saturated carbocycles. The predicted molar refractivity (Wildman–Crippen MR) is 130 cm³/mol. The fraction of sp³-hybridized carbons (Fsp3) is 0.519. The van der Waals surface area contributed by atoms with E-state index in [0.29, 0.717) is 25.4 Å². The fourth-order valence-electron chi connectivity index (χ4n) is 3.49. The highest BCUT2D eigenvalue weighted by atomic mass is 16.6. The van der Waals surface area contributed by atoms with E-state index in [1.165, 1.54) is 0 Å². The third-order valence-electron chi connectivity index (χ3n) is 5.50. The molecule has 32 heavy (non-hydrogen) atoms. The largest absolute Gasteiger partial charge is 0.444 e. The van der Waals surface area contributed by atoms with E-state index in [-0.39, 0.29) is 0 Å². The van der Waals surface area contributed by atoms with Gasteiger partial charge >= 0.3 is 6.09 Å². The molecule has 0 aliphatic rings. The second-order valence-electron chi connectivity index (χ2n) is 9.59. The summed E-state index contributed by atoms with van der Waals surface area (Å²) in [6.45, 7) is 11.5. The van der Waals surface area contributed by atoms with Crippen LogP contribution in [0.1, 0.15) is 52.2 Å². The fourth-order valence-corrected chi connectivity index (χ4v) is 3.49. The normalized spacial score (nSPS) is 14.4. The number of nitrogens with one attached hydrogen (secondary N) is 1. The molecule has 2 N–H and O–H groups in total. The van der Waals surface area contributed by atoms with Gasteiger partial charge in [0.05, 0.1) is 12.1 Å². The lowest BCUT2D eigenvalue weighted by atomic mass is 9.98. The van der Waals surface area contributed by atoms with Gasteiger partial charge in [-0.1, -0.05) is 80.9 Å². The van der Waals surface area contributed by atoms with Crippen LogP contribution < -0.4 is 5.32 Å². The number of aliphatic hydroxyl groups is 1. The molecule has 0 bridgehead atoms. The van der Waals surface area contributed by atoms with Gasteiger partial charge in [-0.25, -0.2) is 4.79 Å². The van der Waals surface area contributed by atoms with Crippen LogP contribution >= 0.6 is 0 Å². The summed E-state index contributed by atoms with van der Waals surface area (Å²) in [5, 5.41) is 14.6. The third kappa shape index (κ3) is 9.01. The van der Waals surface area contributed by atoms with Gasteiger partial charge < -0.3 is 15.2 Å². The van der Waals surface area contributed by atoms with Gasteiger partial charge in [0, 0.05) is 13.1 Å². The summed E-state index contributed by atoms with van der Waals surface area (Å²) in [4.78, 5) is 15.0. The summed E-state index contributed by atoms with van der Waals surface area (Å²) < 4.78 is 5.76. The van der Waals surface area contributed by atoms with Gasteiger partial charge in [-0.3, -0.25) is 4.90 Å². The van der Waals surface area contributed by atoms with Crippen molar-refractivity contribution in [3.63, 3.8) is 0 Å². The molecule has 176 valence electrons. The predicted octanol–water partition coefficient (Wildman–Crippen LogP) is 5.03. The van der Waals surface area contributed by atoms with E-state index >= 15 is 0 Å². The highest BCUT2D eigenvalue weighted by Crippen LogP contribution is 2.20. The van der Waals surface area contributed by atoms with E-state index in [1.54, 1.807) is 4.90 Å². The van der Waals surface area contributed by atoms with Crippen LogP contribution in [0.5, 0.6) is 0 Å². The number of nitrogens with zero attached hydrogens (tertiary/aromatic N) is 1. The van der Waals surface area contributed by atoms with E-state index < -0.39 is 23.8 Å². The minimum Gasteiger partial charge on any atom is -0.444 e. The summed E-state index contributed by atoms with van der Waals surface area (Å²) in [7, 11) is 0. The van der Waals surface area contributed by atoms with Crippen LogP contribution in [0, 0.1) is 5.92 Å². The summed E-state index contributed by atoms with van der Waals surface area (Å²) >= 11 is 0. The lowest BCUT2D eigenvalue weighted by Crippen LogP contribution is -2.52. The first-order chi connectivity index (χ1) is 15.2. The van der Waals surface area contributed by atoms with Gasteiger partial charge in [0.2, 0.25) is 0 Å². The molecule has 0 spiro atoms. The SMILES string of the molecule is CCC(C)CNC[C@@H](O)[C@H](Cc1ccccc1)N(Cc1ccccc1)C(=O)OC(C)(C)C. The van der Waals surface area contributed by atoms with E-state index in [0.717, 1.165) is 24.1 Å². The van der Waals surface area contributed by atoms with Crippen LogP contribution in [-0.2, 0) is 17.7 Å². The zero-order valence-electron chi connectivity index (χ0n) is 20.3. The van der Waals surface area contributed by atoms with E-state index in [1.807, 2.05) is 81.4 Å². The number of carbonyl (C=O) groups is 1. The summed E-state index contributed by atoms with van der Waals surface area (Å²) in [6, 6.07) is 19.4. The molecule has 0 aliphatic heterocycles. The molecule has 0 aliphatic carbocycles. The number of carbonyl (C=O) groups excluding carboxylic acids is 1. The Kier molecular flexibility index (Phi) is 10.2. The number of rotatable bonds is 11. The Bertz CT molecular complexity index is 790. The van der Waals surface area contributed by atoms with Crippen molar-refractivity contribution in [2.45, 2.75) is 71.8 Å². The van der Waals surface area contributed by atoms with Crippen molar-refractivity contribution in [3.05, 3.63) is 71.8 Å². The molecule has 2 aromatic rings. The molecular weight excluding hydrogens is 400 g/mol.